The van der Waals surface area contributed by atoms with Gasteiger partial charge in [0.15, 0.2) is 5.82 Å². The maximum atomic E-state index is 5.94. The molecule has 0 aliphatic carbocycles. The van der Waals surface area contributed by atoms with Crippen molar-refractivity contribution in [3.63, 3.8) is 0 Å². The van der Waals surface area contributed by atoms with Crippen LogP contribution in [-0.4, -0.2) is 15.4 Å². The maximum Gasteiger partial charge on any atom is 0.203 e. The molecule has 90 valence electrons. The van der Waals surface area contributed by atoms with E-state index >= 15 is 0 Å². The third-order valence-electron chi connectivity index (χ3n) is 1.96. The second-order valence-electron chi connectivity index (χ2n) is 3.88. The second kappa shape index (κ2) is 5.21. The van der Waals surface area contributed by atoms with Crippen molar-refractivity contribution >= 4 is 39.9 Å². The molecule has 0 radical (unpaired) electrons. The molecule has 3 nitrogen and oxygen atoms in total. The Kier molecular flexibility index (Phi) is 3.86. The highest BCUT2D eigenvalue weighted by atomic mass is 35.5. The lowest BCUT2D eigenvalue weighted by atomic mass is 10.2. The van der Waals surface area contributed by atoms with Gasteiger partial charge < -0.3 is 5.32 Å². The van der Waals surface area contributed by atoms with E-state index < -0.39 is 0 Å². The standard InChI is InChI=1S/C11H11Cl2N3S/c1-6(2)14-11-15-10(16-17-11)7-3-8(12)5-9(13)4-7/h3-6H,1-2H3,(H,14,15,16). The number of benzene rings is 1. The van der Waals surface area contributed by atoms with Crippen LogP contribution in [0.1, 0.15) is 13.8 Å². The van der Waals surface area contributed by atoms with Crippen molar-refractivity contribution in [1.82, 2.24) is 9.36 Å². The molecule has 0 unspecified atom stereocenters. The van der Waals surface area contributed by atoms with Crippen LogP contribution in [0.3, 0.4) is 0 Å². The van der Waals surface area contributed by atoms with Gasteiger partial charge in [-0.3, -0.25) is 0 Å². The third-order valence-corrected chi connectivity index (χ3v) is 3.04. The van der Waals surface area contributed by atoms with Crippen LogP contribution in [0.15, 0.2) is 18.2 Å². The summed E-state index contributed by atoms with van der Waals surface area (Å²) in [5.74, 6) is 0.641. The number of anilines is 1. The summed E-state index contributed by atoms with van der Waals surface area (Å²) in [6.45, 7) is 4.11. The number of aromatic nitrogens is 2. The van der Waals surface area contributed by atoms with Gasteiger partial charge in [0, 0.05) is 33.2 Å². The van der Waals surface area contributed by atoms with E-state index in [0.717, 1.165) is 10.7 Å². The monoisotopic (exact) mass is 287 g/mol. The average molecular weight is 288 g/mol. The largest absolute Gasteiger partial charge is 0.358 e. The molecule has 1 aromatic heterocycles. The maximum absolute atomic E-state index is 5.94. The topological polar surface area (TPSA) is 37.8 Å². The number of rotatable bonds is 3. The van der Waals surface area contributed by atoms with E-state index in [4.69, 9.17) is 23.2 Å². The zero-order chi connectivity index (χ0) is 12.4. The minimum absolute atomic E-state index is 0.332. The smallest absolute Gasteiger partial charge is 0.203 e. The highest BCUT2D eigenvalue weighted by Crippen LogP contribution is 2.27. The van der Waals surface area contributed by atoms with Gasteiger partial charge in [0.1, 0.15) is 0 Å². The van der Waals surface area contributed by atoms with Gasteiger partial charge in [0.25, 0.3) is 0 Å². The first-order valence-corrected chi connectivity index (χ1v) is 6.64. The molecule has 17 heavy (non-hydrogen) atoms. The molecular formula is C11H11Cl2N3S. The Labute approximate surface area is 114 Å². The Morgan fingerprint density at radius 3 is 2.41 bits per heavy atom. The summed E-state index contributed by atoms with van der Waals surface area (Å²) in [5, 5.41) is 5.17. The van der Waals surface area contributed by atoms with E-state index in [1.807, 2.05) is 0 Å². The van der Waals surface area contributed by atoms with Crippen molar-refractivity contribution in [3.05, 3.63) is 28.2 Å². The molecular weight excluding hydrogens is 277 g/mol. The van der Waals surface area contributed by atoms with Gasteiger partial charge in [-0.25, -0.2) is 0 Å². The predicted octanol–water partition coefficient (Wildman–Crippen LogP) is 4.33. The Balaban J connectivity index is 2.30. The van der Waals surface area contributed by atoms with Gasteiger partial charge in [-0.2, -0.15) is 9.36 Å². The van der Waals surface area contributed by atoms with Crippen molar-refractivity contribution in [2.24, 2.45) is 0 Å². The lowest BCUT2D eigenvalue weighted by Crippen LogP contribution is -2.08. The van der Waals surface area contributed by atoms with Crippen LogP contribution < -0.4 is 5.32 Å². The molecule has 0 amide bonds. The normalized spacial score (nSPS) is 10.9. The van der Waals surface area contributed by atoms with Crippen LogP contribution in [0.5, 0.6) is 0 Å². The Hall–Kier alpha value is -0.840. The fraction of sp³-hybridized carbons (Fsp3) is 0.273. The lowest BCUT2D eigenvalue weighted by molar-refractivity contribution is 0.896. The molecule has 0 fully saturated rings. The van der Waals surface area contributed by atoms with Gasteiger partial charge in [0.05, 0.1) is 0 Å². The van der Waals surface area contributed by atoms with Crippen LogP contribution in [0.2, 0.25) is 10.0 Å². The van der Waals surface area contributed by atoms with Crippen molar-refractivity contribution in [2.75, 3.05) is 5.32 Å². The van der Waals surface area contributed by atoms with Crippen LogP contribution in [0.4, 0.5) is 5.13 Å². The first kappa shape index (κ1) is 12.6. The molecule has 1 aromatic carbocycles. The van der Waals surface area contributed by atoms with Gasteiger partial charge in [-0.15, -0.1) is 0 Å². The van der Waals surface area contributed by atoms with Gasteiger partial charge >= 0.3 is 0 Å². The summed E-state index contributed by atoms with van der Waals surface area (Å²) < 4.78 is 4.27. The zero-order valence-corrected chi connectivity index (χ0v) is 11.7. The molecule has 0 saturated carbocycles. The van der Waals surface area contributed by atoms with Gasteiger partial charge in [-0.1, -0.05) is 23.2 Å². The van der Waals surface area contributed by atoms with E-state index in [1.54, 1.807) is 18.2 Å². The average Bonchev–Trinajstić information content (AvgIpc) is 2.63. The summed E-state index contributed by atoms with van der Waals surface area (Å²) in [6, 6.07) is 5.62. The molecule has 0 aliphatic heterocycles. The third kappa shape index (κ3) is 3.31. The van der Waals surface area contributed by atoms with Gasteiger partial charge in [0.2, 0.25) is 5.13 Å². The summed E-state index contributed by atoms with van der Waals surface area (Å²) in [6.07, 6.45) is 0. The number of nitrogens with zero attached hydrogens (tertiary/aromatic N) is 2. The number of halogens is 2. The molecule has 0 bridgehead atoms. The zero-order valence-electron chi connectivity index (χ0n) is 9.37. The van der Waals surface area contributed by atoms with E-state index in [9.17, 15) is 0 Å². The molecule has 0 aliphatic rings. The second-order valence-corrected chi connectivity index (χ2v) is 5.51. The lowest BCUT2D eigenvalue weighted by Gasteiger charge is -2.03. The fourth-order valence-corrected chi connectivity index (χ4v) is 2.59. The number of hydrogen-bond acceptors (Lipinski definition) is 4. The first-order valence-electron chi connectivity index (χ1n) is 5.11. The minimum atomic E-state index is 0.332. The van der Waals surface area contributed by atoms with Crippen LogP contribution >= 0.6 is 34.7 Å². The van der Waals surface area contributed by atoms with Crippen LogP contribution in [-0.2, 0) is 0 Å². The molecule has 0 spiro atoms. The summed E-state index contributed by atoms with van der Waals surface area (Å²) in [7, 11) is 0. The van der Waals surface area contributed by atoms with E-state index in [0.29, 0.717) is 21.9 Å². The molecule has 0 saturated heterocycles. The van der Waals surface area contributed by atoms with E-state index in [2.05, 4.69) is 28.5 Å². The summed E-state index contributed by atoms with van der Waals surface area (Å²) in [5.41, 5.74) is 0.829. The summed E-state index contributed by atoms with van der Waals surface area (Å²) >= 11 is 13.2. The minimum Gasteiger partial charge on any atom is -0.358 e. The van der Waals surface area contributed by atoms with E-state index in [1.165, 1.54) is 11.5 Å². The molecule has 6 heteroatoms. The van der Waals surface area contributed by atoms with Crippen LogP contribution in [0, 0.1) is 0 Å². The SMILES string of the molecule is CC(C)Nc1nc(-c2cc(Cl)cc(Cl)c2)ns1. The van der Waals surface area contributed by atoms with Gasteiger partial charge in [-0.05, 0) is 32.0 Å². The molecule has 0 atom stereocenters. The number of hydrogen-bond donors (Lipinski definition) is 1. The molecule has 2 aromatic rings. The van der Waals surface area contributed by atoms with Crippen molar-refractivity contribution in [3.8, 4) is 11.4 Å². The number of nitrogens with one attached hydrogen (secondary N) is 1. The molecule has 1 N–H and O–H groups in total. The van der Waals surface area contributed by atoms with Crippen molar-refractivity contribution in [2.45, 2.75) is 19.9 Å². The molecule has 2 rings (SSSR count). The Morgan fingerprint density at radius 1 is 1.18 bits per heavy atom. The van der Waals surface area contributed by atoms with Crippen molar-refractivity contribution < 1.29 is 0 Å². The fourth-order valence-electron chi connectivity index (χ4n) is 1.33. The molecule has 1 heterocycles. The first-order chi connectivity index (χ1) is 8.04. The quantitative estimate of drug-likeness (QED) is 0.913. The van der Waals surface area contributed by atoms with Crippen molar-refractivity contribution in [1.29, 1.82) is 0 Å². The summed E-state index contributed by atoms with van der Waals surface area (Å²) in [4.78, 5) is 4.38. The van der Waals surface area contributed by atoms with Crippen LogP contribution in [0.25, 0.3) is 11.4 Å². The van der Waals surface area contributed by atoms with E-state index in [-0.39, 0.29) is 0 Å². The Morgan fingerprint density at radius 2 is 1.82 bits per heavy atom. The predicted molar refractivity (Wildman–Crippen MR) is 74.1 cm³/mol. The highest BCUT2D eigenvalue weighted by Gasteiger charge is 2.08. The highest BCUT2D eigenvalue weighted by molar-refractivity contribution is 7.09. The Bertz CT molecular complexity index is 505.